The summed E-state index contributed by atoms with van der Waals surface area (Å²) in [4.78, 5) is 18.3. The minimum absolute atomic E-state index is 0.160. The van der Waals surface area contributed by atoms with E-state index in [1.165, 1.54) is 0 Å². The number of ether oxygens (including phenoxy) is 3. The molecule has 2 fully saturated rings. The van der Waals surface area contributed by atoms with Crippen LogP contribution in [0, 0.1) is 6.92 Å². The third-order valence-electron chi connectivity index (χ3n) is 5.60. The van der Waals surface area contributed by atoms with Gasteiger partial charge in [-0.1, -0.05) is 15.9 Å². The van der Waals surface area contributed by atoms with Crippen LogP contribution < -0.4 is 4.74 Å². The number of carbonyl (C=O) groups excluding carboxylic acids is 1. The third kappa shape index (κ3) is 3.31. The molecular formula is C19H25BrN2O4. The highest BCUT2D eigenvalue weighted by molar-refractivity contribution is 9.10. The van der Waals surface area contributed by atoms with E-state index in [1.807, 2.05) is 19.1 Å². The summed E-state index contributed by atoms with van der Waals surface area (Å²) in [5.74, 6) is 0.856. The average molecular weight is 425 g/mol. The molecule has 0 unspecified atom stereocenters. The highest BCUT2D eigenvalue weighted by Gasteiger charge is 2.50. The molecule has 1 aromatic carbocycles. The largest absolute Gasteiger partial charge is 0.490 e. The first kappa shape index (κ1) is 18.4. The third-order valence-corrected chi connectivity index (χ3v) is 6.45. The first-order valence-electron chi connectivity index (χ1n) is 9.21. The fourth-order valence-corrected chi connectivity index (χ4v) is 4.38. The minimum atomic E-state index is -0.664. The molecule has 3 heterocycles. The molecule has 0 amide bonds. The lowest BCUT2D eigenvalue weighted by atomic mass is 9.84. The van der Waals surface area contributed by atoms with E-state index >= 15 is 0 Å². The van der Waals surface area contributed by atoms with Crippen molar-refractivity contribution in [2.45, 2.75) is 12.5 Å². The second-order valence-corrected chi connectivity index (χ2v) is 8.09. The second-order valence-electron chi connectivity index (χ2n) is 7.23. The predicted molar refractivity (Wildman–Crippen MR) is 101 cm³/mol. The van der Waals surface area contributed by atoms with E-state index in [0.717, 1.165) is 49.4 Å². The molecule has 0 aromatic heterocycles. The van der Waals surface area contributed by atoms with Gasteiger partial charge < -0.3 is 14.2 Å². The highest BCUT2D eigenvalue weighted by Crippen LogP contribution is 2.37. The molecule has 142 valence electrons. The fourth-order valence-electron chi connectivity index (χ4n) is 4.04. The number of benzene rings is 1. The van der Waals surface area contributed by atoms with E-state index in [4.69, 9.17) is 14.2 Å². The molecule has 0 radical (unpaired) electrons. The zero-order chi connectivity index (χ0) is 18.1. The summed E-state index contributed by atoms with van der Waals surface area (Å²) in [5, 5.41) is 0. The van der Waals surface area contributed by atoms with Gasteiger partial charge in [-0.3, -0.25) is 14.6 Å². The van der Waals surface area contributed by atoms with Gasteiger partial charge in [0.05, 0.1) is 32.0 Å². The van der Waals surface area contributed by atoms with Crippen LogP contribution in [0.4, 0.5) is 0 Å². The van der Waals surface area contributed by atoms with Crippen molar-refractivity contribution in [2.75, 3.05) is 65.8 Å². The summed E-state index contributed by atoms with van der Waals surface area (Å²) in [7, 11) is 0. The number of aryl methyl sites for hydroxylation is 1. The van der Waals surface area contributed by atoms with Crippen molar-refractivity contribution in [3.8, 4) is 5.75 Å². The van der Waals surface area contributed by atoms with Crippen LogP contribution in [0.15, 0.2) is 16.6 Å². The molecule has 3 aliphatic rings. The summed E-state index contributed by atoms with van der Waals surface area (Å²) in [5.41, 5.74) is 1.08. The molecule has 1 aromatic rings. The van der Waals surface area contributed by atoms with Crippen LogP contribution in [-0.4, -0.2) is 86.9 Å². The quantitative estimate of drug-likeness (QED) is 0.736. The molecule has 3 aliphatic heterocycles. The van der Waals surface area contributed by atoms with E-state index < -0.39 is 5.54 Å². The fraction of sp³-hybridized carbons (Fsp3) is 0.632. The molecule has 0 aliphatic carbocycles. The Morgan fingerprint density at radius 2 is 1.73 bits per heavy atom. The number of halogens is 1. The second kappa shape index (κ2) is 7.56. The van der Waals surface area contributed by atoms with Crippen molar-refractivity contribution in [1.29, 1.82) is 0 Å². The molecule has 0 spiro atoms. The van der Waals surface area contributed by atoms with Crippen LogP contribution in [-0.2, 0) is 9.47 Å². The van der Waals surface area contributed by atoms with Crippen LogP contribution in [0.25, 0.3) is 0 Å². The van der Waals surface area contributed by atoms with Gasteiger partial charge in [-0.25, -0.2) is 0 Å². The minimum Gasteiger partial charge on any atom is -0.490 e. The summed E-state index contributed by atoms with van der Waals surface area (Å²) in [6.07, 6.45) is 0. The highest BCUT2D eigenvalue weighted by atomic mass is 79.9. The Balaban J connectivity index is 1.70. The number of carbonyl (C=O) groups is 1. The van der Waals surface area contributed by atoms with Gasteiger partial charge in [-0.2, -0.15) is 0 Å². The van der Waals surface area contributed by atoms with Crippen LogP contribution in [0.1, 0.15) is 15.9 Å². The standard InChI is InChI=1S/C19H25BrN2O4/c1-14-10-17-15(11-16(14)20)18(23)19(13-26-17,22-4-8-25-9-5-22)12-21-2-6-24-7-3-21/h10-11H,2-9,12-13H2,1H3/t19-/m0/s1. The first-order chi connectivity index (χ1) is 12.6. The molecule has 1 atom stereocenters. The molecule has 0 bridgehead atoms. The number of hydrogen-bond acceptors (Lipinski definition) is 6. The molecule has 2 saturated heterocycles. The normalized spacial score (nSPS) is 27.8. The smallest absolute Gasteiger partial charge is 0.191 e. The molecule has 4 rings (SSSR count). The first-order valence-corrected chi connectivity index (χ1v) is 10.0. The maximum Gasteiger partial charge on any atom is 0.191 e. The van der Waals surface area contributed by atoms with Crippen molar-refractivity contribution >= 4 is 21.7 Å². The number of hydrogen-bond donors (Lipinski definition) is 0. The van der Waals surface area contributed by atoms with Gasteiger partial charge in [-0.05, 0) is 24.6 Å². The van der Waals surface area contributed by atoms with Gasteiger partial charge in [0.1, 0.15) is 17.9 Å². The maximum atomic E-state index is 13.7. The number of Topliss-reactive ketones (excluding diaryl/α,β-unsaturated/α-hetero) is 1. The van der Waals surface area contributed by atoms with E-state index in [2.05, 4.69) is 25.7 Å². The van der Waals surface area contributed by atoms with Crippen LogP contribution in [0.5, 0.6) is 5.75 Å². The van der Waals surface area contributed by atoms with E-state index in [9.17, 15) is 4.79 Å². The predicted octanol–water partition coefficient (Wildman–Crippen LogP) is 1.74. The van der Waals surface area contributed by atoms with Crippen molar-refractivity contribution in [1.82, 2.24) is 9.80 Å². The SMILES string of the molecule is Cc1cc2c(cc1Br)C(=O)[C@@](CN1CCOCC1)(N1CCOCC1)CO2. The van der Waals surface area contributed by atoms with Crippen molar-refractivity contribution in [3.05, 3.63) is 27.7 Å². The van der Waals surface area contributed by atoms with Crippen molar-refractivity contribution in [2.24, 2.45) is 0 Å². The summed E-state index contributed by atoms with van der Waals surface area (Å²) in [6.45, 7) is 9.01. The number of morpholine rings is 2. The summed E-state index contributed by atoms with van der Waals surface area (Å²) >= 11 is 3.57. The molecule has 7 heteroatoms. The molecule has 0 saturated carbocycles. The van der Waals surface area contributed by atoms with E-state index in [1.54, 1.807) is 0 Å². The number of fused-ring (bicyclic) bond motifs is 1. The van der Waals surface area contributed by atoms with E-state index in [-0.39, 0.29) is 5.78 Å². The van der Waals surface area contributed by atoms with Gasteiger partial charge in [0.15, 0.2) is 5.78 Å². The lowest BCUT2D eigenvalue weighted by Crippen LogP contribution is -2.68. The Morgan fingerprint density at radius 3 is 2.42 bits per heavy atom. The lowest BCUT2D eigenvalue weighted by Gasteiger charge is -2.48. The van der Waals surface area contributed by atoms with Gasteiger partial charge in [0.2, 0.25) is 0 Å². The average Bonchev–Trinajstić information content (AvgIpc) is 2.67. The van der Waals surface area contributed by atoms with Crippen molar-refractivity contribution < 1.29 is 19.0 Å². The topological polar surface area (TPSA) is 51.2 Å². The monoisotopic (exact) mass is 424 g/mol. The van der Waals surface area contributed by atoms with Crippen molar-refractivity contribution in [3.63, 3.8) is 0 Å². The van der Waals surface area contributed by atoms with E-state index in [0.29, 0.717) is 37.7 Å². The number of rotatable bonds is 3. The zero-order valence-corrected chi connectivity index (χ0v) is 16.7. The van der Waals surface area contributed by atoms with Gasteiger partial charge in [0, 0.05) is 37.2 Å². The van der Waals surface area contributed by atoms with Crippen LogP contribution in [0.2, 0.25) is 0 Å². The van der Waals surface area contributed by atoms with Crippen LogP contribution in [0.3, 0.4) is 0 Å². The van der Waals surface area contributed by atoms with Gasteiger partial charge >= 0.3 is 0 Å². The Bertz CT molecular complexity index is 686. The Kier molecular flexibility index (Phi) is 5.34. The van der Waals surface area contributed by atoms with Crippen LogP contribution >= 0.6 is 15.9 Å². The van der Waals surface area contributed by atoms with Gasteiger partial charge in [0.25, 0.3) is 0 Å². The Labute approximate surface area is 162 Å². The van der Waals surface area contributed by atoms with Gasteiger partial charge in [-0.15, -0.1) is 0 Å². The maximum absolute atomic E-state index is 13.7. The number of ketones is 1. The Morgan fingerprint density at radius 1 is 1.08 bits per heavy atom. The molecule has 26 heavy (non-hydrogen) atoms. The summed E-state index contributed by atoms with van der Waals surface area (Å²) in [6, 6.07) is 3.87. The Hall–Kier alpha value is -0.990. The lowest BCUT2D eigenvalue weighted by molar-refractivity contribution is -0.0546. The summed E-state index contributed by atoms with van der Waals surface area (Å²) < 4.78 is 18.1. The number of nitrogens with zero attached hydrogens (tertiary/aromatic N) is 2. The molecule has 0 N–H and O–H groups in total. The molecule has 6 nitrogen and oxygen atoms in total. The molecular weight excluding hydrogens is 400 g/mol. The zero-order valence-electron chi connectivity index (χ0n) is 15.1.